The van der Waals surface area contributed by atoms with E-state index in [4.69, 9.17) is 15.2 Å². The van der Waals surface area contributed by atoms with E-state index in [2.05, 4.69) is 11.8 Å². The molecule has 0 aliphatic heterocycles. The first-order chi connectivity index (χ1) is 8.71. The molecule has 0 saturated heterocycles. The van der Waals surface area contributed by atoms with Gasteiger partial charge in [0.05, 0.1) is 13.7 Å². The molecule has 0 amide bonds. The lowest BCUT2D eigenvalue weighted by atomic mass is 10.1. The highest BCUT2D eigenvalue weighted by Gasteiger charge is 2.08. The molecule has 0 spiro atoms. The quantitative estimate of drug-likeness (QED) is 0.569. The van der Waals surface area contributed by atoms with Gasteiger partial charge in [-0.1, -0.05) is 6.92 Å². The van der Waals surface area contributed by atoms with Gasteiger partial charge in [0, 0.05) is 30.9 Å². The predicted octanol–water partition coefficient (Wildman–Crippen LogP) is 2.14. The van der Waals surface area contributed by atoms with Crippen LogP contribution in [0.5, 0.6) is 5.75 Å². The number of nitrogens with zero attached hydrogens (tertiary/aromatic N) is 1. The maximum atomic E-state index is 5.82. The van der Waals surface area contributed by atoms with E-state index in [-0.39, 0.29) is 0 Å². The van der Waals surface area contributed by atoms with Crippen LogP contribution in [0.2, 0.25) is 0 Å². The molecule has 0 heterocycles. The molecule has 1 aromatic carbocycles. The van der Waals surface area contributed by atoms with E-state index >= 15 is 0 Å². The van der Waals surface area contributed by atoms with Crippen molar-refractivity contribution in [3.05, 3.63) is 23.8 Å². The summed E-state index contributed by atoms with van der Waals surface area (Å²) in [5.41, 5.74) is 7.71. The van der Waals surface area contributed by atoms with Gasteiger partial charge >= 0.3 is 0 Å². The minimum Gasteiger partial charge on any atom is -0.496 e. The highest BCUT2D eigenvalue weighted by atomic mass is 16.5. The van der Waals surface area contributed by atoms with Crippen LogP contribution in [0, 0.1) is 0 Å². The fourth-order valence-corrected chi connectivity index (χ4v) is 1.85. The molecule has 0 bridgehead atoms. The number of likely N-dealkylation sites (N-methyl/N-ethyl adjacent to an activating group) is 1. The van der Waals surface area contributed by atoms with Gasteiger partial charge < -0.3 is 15.2 Å². The fraction of sp³-hybridized carbons (Fsp3) is 0.571. The molecule has 1 aromatic rings. The van der Waals surface area contributed by atoms with Gasteiger partial charge in [0.25, 0.3) is 0 Å². The summed E-state index contributed by atoms with van der Waals surface area (Å²) in [6.45, 7) is 8.40. The van der Waals surface area contributed by atoms with Crippen LogP contribution < -0.4 is 10.5 Å². The summed E-state index contributed by atoms with van der Waals surface area (Å²) >= 11 is 0. The Balaban J connectivity index is 2.65. The van der Waals surface area contributed by atoms with Gasteiger partial charge in [0.15, 0.2) is 0 Å². The van der Waals surface area contributed by atoms with Crippen LogP contribution in [0.3, 0.4) is 0 Å². The molecular formula is C14H24N2O2. The molecule has 0 aromatic heterocycles. The highest BCUT2D eigenvalue weighted by Crippen LogP contribution is 2.22. The number of methoxy groups -OCH3 is 1. The standard InChI is InChI=1S/C14H24N2O2/c1-4-16(8-9-18-5-2)11-12-10-13(15)6-7-14(12)17-3/h6-7,10H,4-5,8-9,11,15H2,1-3H3. The lowest BCUT2D eigenvalue weighted by molar-refractivity contribution is 0.112. The highest BCUT2D eigenvalue weighted by molar-refractivity contribution is 5.47. The molecule has 0 unspecified atom stereocenters. The minimum atomic E-state index is 0.759. The first-order valence-corrected chi connectivity index (χ1v) is 6.43. The summed E-state index contributed by atoms with van der Waals surface area (Å²) in [6, 6.07) is 5.75. The third kappa shape index (κ3) is 4.55. The van der Waals surface area contributed by atoms with Gasteiger partial charge in [-0.3, -0.25) is 4.90 Å². The average Bonchev–Trinajstić information content (AvgIpc) is 2.38. The van der Waals surface area contributed by atoms with Crippen molar-refractivity contribution in [2.75, 3.05) is 39.1 Å². The van der Waals surface area contributed by atoms with Crippen LogP contribution in [-0.4, -0.2) is 38.3 Å². The second-order valence-electron chi connectivity index (χ2n) is 4.14. The Morgan fingerprint density at radius 2 is 2.06 bits per heavy atom. The molecule has 1 rings (SSSR count). The van der Waals surface area contributed by atoms with Crippen molar-refractivity contribution in [3.63, 3.8) is 0 Å². The summed E-state index contributed by atoms with van der Waals surface area (Å²) in [5, 5.41) is 0. The van der Waals surface area contributed by atoms with Crippen molar-refractivity contribution in [2.24, 2.45) is 0 Å². The normalized spacial score (nSPS) is 10.9. The van der Waals surface area contributed by atoms with E-state index in [9.17, 15) is 0 Å². The molecule has 0 fully saturated rings. The van der Waals surface area contributed by atoms with Crippen LogP contribution >= 0.6 is 0 Å². The van der Waals surface area contributed by atoms with Gasteiger partial charge in [-0.2, -0.15) is 0 Å². The Labute approximate surface area is 110 Å². The first-order valence-electron chi connectivity index (χ1n) is 6.43. The SMILES string of the molecule is CCOCCN(CC)Cc1cc(N)ccc1OC. The van der Waals surface area contributed by atoms with Gasteiger partial charge in [-0.15, -0.1) is 0 Å². The topological polar surface area (TPSA) is 47.7 Å². The molecule has 0 aliphatic carbocycles. The van der Waals surface area contributed by atoms with Crippen molar-refractivity contribution in [1.29, 1.82) is 0 Å². The number of nitrogens with two attached hydrogens (primary N) is 1. The molecule has 0 saturated carbocycles. The Kier molecular flexibility index (Phi) is 6.54. The van der Waals surface area contributed by atoms with Gasteiger partial charge in [0.1, 0.15) is 5.75 Å². The van der Waals surface area contributed by atoms with E-state index in [0.717, 1.165) is 49.8 Å². The molecule has 18 heavy (non-hydrogen) atoms. The summed E-state index contributed by atoms with van der Waals surface area (Å²) in [6.07, 6.45) is 0. The van der Waals surface area contributed by atoms with Crippen molar-refractivity contribution in [3.8, 4) is 5.75 Å². The van der Waals surface area contributed by atoms with Crippen molar-refractivity contribution < 1.29 is 9.47 Å². The number of nitrogen functional groups attached to an aromatic ring is 1. The number of hydrogen-bond acceptors (Lipinski definition) is 4. The number of ether oxygens (including phenoxy) is 2. The average molecular weight is 252 g/mol. The maximum absolute atomic E-state index is 5.82. The summed E-state index contributed by atoms with van der Waals surface area (Å²) in [4.78, 5) is 2.31. The number of hydrogen-bond donors (Lipinski definition) is 1. The number of anilines is 1. The smallest absolute Gasteiger partial charge is 0.123 e. The van der Waals surface area contributed by atoms with Crippen molar-refractivity contribution >= 4 is 5.69 Å². The first kappa shape index (κ1) is 14.8. The summed E-state index contributed by atoms with van der Waals surface area (Å²) in [5.74, 6) is 0.888. The fourth-order valence-electron chi connectivity index (χ4n) is 1.85. The van der Waals surface area contributed by atoms with Crippen LogP contribution in [0.4, 0.5) is 5.69 Å². The molecule has 4 heteroatoms. The molecule has 0 aliphatic rings. The number of rotatable bonds is 8. The Morgan fingerprint density at radius 1 is 1.28 bits per heavy atom. The molecule has 0 radical (unpaired) electrons. The number of benzene rings is 1. The monoisotopic (exact) mass is 252 g/mol. The van der Waals surface area contributed by atoms with E-state index in [1.54, 1.807) is 7.11 Å². The summed E-state index contributed by atoms with van der Waals surface area (Å²) in [7, 11) is 1.69. The largest absolute Gasteiger partial charge is 0.496 e. The Morgan fingerprint density at radius 3 is 2.67 bits per heavy atom. The lowest BCUT2D eigenvalue weighted by Gasteiger charge is -2.21. The Hall–Kier alpha value is -1.26. The zero-order valence-corrected chi connectivity index (χ0v) is 11.6. The molecule has 2 N–H and O–H groups in total. The zero-order valence-electron chi connectivity index (χ0n) is 11.6. The van der Waals surface area contributed by atoms with E-state index in [0.29, 0.717) is 0 Å². The maximum Gasteiger partial charge on any atom is 0.123 e. The van der Waals surface area contributed by atoms with Crippen LogP contribution in [0.1, 0.15) is 19.4 Å². The van der Waals surface area contributed by atoms with Crippen LogP contribution in [0.15, 0.2) is 18.2 Å². The molecule has 102 valence electrons. The van der Waals surface area contributed by atoms with Gasteiger partial charge in [-0.05, 0) is 31.7 Å². The summed E-state index contributed by atoms with van der Waals surface area (Å²) < 4.78 is 10.7. The van der Waals surface area contributed by atoms with Gasteiger partial charge in [-0.25, -0.2) is 0 Å². The van der Waals surface area contributed by atoms with Crippen LogP contribution in [0.25, 0.3) is 0 Å². The van der Waals surface area contributed by atoms with E-state index in [1.807, 2.05) is 25.1 Å². The van der Waals surface area contributed by atoms with Crippen molar-refractivity contribution in [2.45, 2.75) is 20.4 Å². The second kappa shape index (κ2) is 7.95. The zero-order chi connectivity index (χ0) is 13.4. The van der Waals surface area contributed by atoms with E-state index < -0.39 is 0 Å². The van der Waals surface area contributed by atoms with Crippen LogP contribution in [-0.2, 0) is 11.3 Å². The third-order valence-corrected chi connectivity index (χ3v) is 2.90. The Bertz CT molecular complexity index is 356. The van der Waals surface area contributed by atoms with Gasteiger partial charge in [0.2, 0.25) is 0 Å². The predicted molar refractivity (Wildman–Crippen MR) is 74.9 cm³/mol. The third-order valence-electron chi connectivity index (χ3n) is 2.90. The second-order valence-corrected chi connectivity index (χ2v) is 4.14. The molecule has 4 nitrogen and oxygen atoms in total. The van der Waals surface area contributed by atoms with E-state index in [1.165, 1.54) is 0 Å². The molecular weight excluding hydrogens is 228 g/mol. The lowest BCUT2D eigenvalue weighted by Crippen LogP contribution is -2.27. The minimum absolute atomic E-state index is 0.759. The molecule has 0 atom stereocenters. The van der Waals surface area contributed by atoms with Crippen molar-refractivity contribution in [1.82, 2.24) is 4.90 Å².